The zero-order valence-electron chi connectivity index (χ0n) is 15.7. The Bertz CT molecular complexity index is 1230. The van der Waals surface area contributed by atoms with Crippen molar-refractivity contribution in [2.75, 3.05) is 19.0 Å². The van der Waals surface area contributed by atoms with E-state index in [4.69, 9.17) is 4.98 Å². The van der Waals surface area contributed by atoms with Crippen LogP contribution in [0, 0.1) is 12.7 Å². The maximum atomic E-state index is 13.4. The van der Waals surface area contributed by atoms with Crippen LogP contribution in [0.4, 0.5) is 10.2 Å². The average molecular weight is 375 g/mol. The van der Waals surface area contributed by atoms with E-state index in [1.807, 2.05) is 38.1 Å². The number of H-pyrrole nitrogens is 1. The number of fused-ring (bicyclic) bond motifs is 1. The SMILES string of the molecule is Cc1cc(-c2nc3ccc(=O)[nH]c3nc2-c2ccc(F)cc2)cc(N(C)C)n1. The smallest absolute Gasteiger partial charge is 0.249 e. The van der Waals surface area contributed by atoms with Gasteiger partial charge in [-0.25, -0.2) is 19.3 Å². The van der Waals surface area contributed by atoms with Crippen LogP contribution in [-0.2, 0) is 0 Å². The molecule has 0 amide bonds. The first-order chi connectivity index (χ1) is 13.4. The van der Waals surface area contributed by atoms with Gasteiger partial charge in [-0.3, -0.25) is 4.79 Å². The molecule has 1 N–H and O–H groups in total. The van der Waals surface area contributed by atoms with Crippen molar-refractivity contribution in [3.8, 4) is 22.5 Å². The fraction of sp³-hybridized carbons (Fsp3) is 0.143. The van der Waals surface area contributed by atoms with Gasteiger partial charge in [-0.05, 0) is 49.4 Å². The summed E-state index contributed by atoms with van der Waals surface area (Å²) in [7, 11) is 3.84. The van der Waals surface area contributed by atoms with E-state index in [1.54, 1.807) is 18.2 Å². The van der Waals surface area contributed by atoms with Crippen LogP contribution >= 0.6 is 0 Å². The predicted octanol–water partition coefficient (Wildman–Crippen LogP) is 3.56. The number of pyridine rings is 2. The molecule has 3 aromatic heterocycles. The number of benzene rings is 1. The number of aryl methyl sites for hydroxylation is 1. The standard InChI is InChI=1S/C21H18FN5O/c1-12-10-14(11-17(23-12)27(2)3)20-19(13-4-6-15(22)7-5-13)26-21-16(24-20)8-9-18(28)25-21/h4-11H,1-3H3,(H,25,26,28). The Hall–Kier alpha value is -3.61. The van der Waals surface area contributed by atoms with Gasteiger partial charge in [0, 0.05) is 37.0 Å². The van der Waals surface area contributed by atoms with Crippen molar-refractivity contribution in [3.63, 3.8) is 0 Å². The van der Waals surface area contributed by atoms with Gasteiger partial charge in [0.2, 0.25) is 5.56 Å². The van der Waals surface area contributed by atoms with Crippen LogP contribution in [-0.4, -0.2) is 34.0 Å². The highest BCUT2D eigenvalue weighted by Gasteiger charge is 2.16. The number of aromatic amines is 1. The Labute approximate surface area is 160 Å². The number of halogens is 1. The van der Waals surface area contributed by atoms with Gasteiger partial charge < -0.3 is 9.88 Å². The molecule has 7 heteroatoms. The third-order valence-electron chi connectivity index (χ3n) is 4.35. The molecule has 6 nitrogen and oxygen atoms in total. The zero-order chi connectivity index (χ0) is 19.8. The number of nitrogens with zero attached hydrogens (tertiary/aromatic N) is 4. The first kappa shape index (κ1) is 17.8. The van der Waals surface area contributed by atoms with Gasteiger partial charge in [0.1, 0.15) is 17.2 Å². The molecule has 0 fully saturated rings. The van der Waals surface area contributed by atoms with Crippen molar-refractivity contribution in [1.82, 2.24) is 19.9 Å². The van der Waals surface area contributed by atoms with E-state index in [0.717, 1.165) is 17.1 Å². The number of aromatic nitrogens is 4. The highest BCUT2D eigenvalue weighted by molar-refractivity contribution is 5.85. The van der Waals surface area contributed by atoms with E-state index in [2.05, 4.69) is 15.0 Å². The van der Waals surface area contributed by atoms with Crippen LogP contribution in [0.5, 0.6) is 0 Å². The van der Waals surface area contributed by atoms with E-state index >= 15 is 0 Å². The lowest BCUT2D eigenvalue weighted by molar-refractivity contribution is 0.628. The summed E-state index contributed by atoms with van der Waals surface area (Å²) in [6, 6.07) is 13.0. The molecule has 0 aliphatic carbocycles. The summed E-state index contributed by atoms with van der Waals surface area (Å²) in [6.45, 7) is 1.92. The summed E-state index contributed by atoms with van der Waals surface area (Å²) in [6.07, 6.45) is 0. The van der Waals surface area contributed by atoms with Crippen molar-refractivity contribution in [1.29, 1.82) is 0 Å². The van der Waals surface area contributed by atoms with Gasteiger partial charge in [-0.2, -0.15) is 0 Å². The van der Waals surface area contributed by atoms with Gasteiger partial charge in [0.15, 0.2) is 5.65 Å². The number of hydrogen-bond donors (Lipinski definition) is 1. The lowest BCUT2D eigenvalue weighted by atomic mass is 10.0. The maximum absolute atomic E-state index is 13.4. The Kier molecular flexibility index (Phi) is 4.35. The summed E-state index contributed by atoms with van der Waals surface area (Å²) in [4.78, 5) is 30.3. The van der Waals surface area contributed by atoms with Crippen molar-refractivity contribution in [2.45, 2.75) is 6.92 Å². The molecule has 0 spiro atoms. The highest BCUT2D eigenvalue weighted by Crippen LogP contribution is 2.32. The minimum atomic E-state index is -0.331. The molecule has 0 saturated carbocycles. The van der Waals surface area contributed by atoms with Crippen LogP contribution in [0.2, 0.25) is 0 Å². The molecular weight excluding hydrogens is 357 g/mol. The van der Waals surface area contributed by atoms with Crippen LogP contribution < -0.4 is 10.5 Å². The maximum Gasteiger partial charge on any atom is 0.249 e. The first-order valence-electron chi connectivity index (χ1n) is 8.74. The third kappa shape index (κ3) is 3.34. The Morgan fingerprint density at radius 3 is 2.32 bits per heavy atom. The molecule has 0 bridgehead atoms. The van der Waals surface area contributed by atoms with E-state index in [9.17, 15) is 9.18 Å². The monoisotopic (exact) mass is 375 g/mol. The van der Waals surface area contributed by atoms with Crippen LogP contribution in [0.15, 0.2) is 53.3 Å². The normalized spacial score (nSPS) is 11.0. The Balaban J connectivity index is 2.03. The molecule has 0 aliphatic heterocycles. The minimum Gasteiger partial charge on any atom is -0.363 e. The number of nitrogens with one attached hydrogen (secondary N) is 1. The van der Waals surface area contributed by atoms with Crippen molar-refractivity contribution >= 4 is 17.0 Å². The molecule has 4 rings (SSSR count). The number of anilines is 1. The molecule has 1 aromatic carbocycles. The summed E-state index contributed by atoms with van der Waals surface area (Å²) < 4.78 is 13.4. The largest absolute Gasteiger partial charge is 0.363 e. The molecule has 0 saturated heterocycles. The molecule has 140 valence electrons. The van der Waals surface area contributed by atoms with Gasteiger partial charge >= 0.3 is 0 Å². The van der Waals surface area contributed by atoms with E-state index < -0.39 is 0 Å². The summed E-state index contributed by atoms with van der Waals surface area (Å²) >= 11 is 0. The second kappa shape index (κ2) is 6.84. The quantitative estimate of drug-likeness (QED) is 0.593. The highest BCUT2D eigenvalue weighted by atomic mass is 19.1. The molecule has 3 heterocycles. The molecule has 28 heavy (non-hydrogen) atoms. The van der Waals surface area contributed by atoms with Crippen LogP contribution in [0.3, 0.4) is 0 Å². The summed E-state index contributed by atoms with van der Waals surface area (Å²) in [5, 5.41) is 0. The molecule has 0 atom stereocenters. The zero-order valence-corrected chi connectivity index (χ0v) is 15.7. The van der Waals surface area contributed by atoms with E-state index in [0.29, 0.717) is 28.1 Å². The summed E-state index contributed by atoms with van der Waals surface area (Å²) in [5.41, 5.74) is 4.29. The van der Waals surface area contributed by atoms with Crippen molar-refractivity contribution in [3.05, 3.63) is 70.4 Å². The number of rotatable bonds is 3. The van der Waals surface area contributed by atoms with Gasteiger partial charge in [0.05, 0.1) is 11.4 Å². The van der Waals surface area contributed by atoms with Gasteiger partial charge in [0.25, 0.3) is 0 Å². The summed E-state index contributed by atoms with van der Waals surface area (Å²) in [5.74, 6) is 0.463. The predicted molar refractivity (Wildman–Crippen MR) is 108 cm³/mol. The second-order valence-corrected chi connectivity index (χ2v) is 6.73. The van der Waals surface area contributed by atoms with E-state index in [1.165, 1.54) is 18.2 Å². The van der Waals surface area contributed by atoms with Crippen LogP contribution in [0.25, 0.3) is 33.7 Å². The molecule has 0 unspecified atom stereocenters. The van der Waals surface area contributed by atoms with Crippen molar-refractivity contribution in [2.24, 2.45) is 0 Å². The fourth-order valence-electron chi connectivity index (χ4n) is 3.00. The van der Waals surface area contributed by atoms with Gasteiger partial charge in [-0.15, -0.1) is 0 Å². The third-order valence-corrected chi connectivity index (χ3v) is 4.35. The fourth-order valence-corrected chi connectivity index (χ4v) is 3.00. The van der Waals surface area contributed by atoms with Gasteiger partial charge in [-0.1, -0.05) is 0 Å². The second-order valence-electron chi connectivity index (χ2n) is 6.73. The van der Waals surface area contributed by atoms with E-state index in [-0.39, 0.29) is 11.4 Å². The minimum absolute atomic E-state index is 0.255. The lowest BCUT2D eigenvalue weighted by Crippen LogP contribution is -2.11. The lowest BCUT2D eigenvalue weighted by Gasteiger charge is -2.15. The van der Waals surface area contributed by atoms with Crippen molar-refractivity contribution < 1.29 is 4.39 Å². The molecule has 0 aliphatic rings. The number of hydrogen-bond acceptors (Lipinski definition) is 5. The van der Waals surface area contributed by atoms with Crippen LogP contribution in [0.1, 0.15) is 5.69 Å². The Morgan fingerprint density at radius 2 is 1.61 bits per heavy atom. The topological polar surface area (TPSA) is 74.8 Å². The molecular formula is C21H18FN5O. The average Bonchev–Trinajstić information content (AvgIpc) is 2.67. The molecule has 4 aromatic rings. The first-order valence-corrected chi connectivity index (χ1v) is 8.74. The Morgan fingerprint density at radius 1 is 0.893 bits per heavy atom. The molecule has 0 radical (unpaired) electrons.